The Morgan fingerprint density at radius 3 is 2.23 bits per heavy atom. The van der Waals surface area contributed by atoms with Crippen LogP contribution >= 0.6 is 0 Å². The van der Waals surface area contributed by atoms with Gasteiger partial charge in [0, 0.05) is 19.5 Å². The van der Waals surface area contributed by atoms with Gasteiger partial charge in [-0.2, -0.15) is 0 Å². The Bertz CT molecular complexity index is 1110. The van der Waals surface area contributed by atoms with Crippen LogP contribution < -0.4 is 5.32 Å². The monoisotopic (exact) mass is 470 g/mol. The zero-order chi connectivity index (χ0) is 25.2. The van der Waals surface area contributed by atoms with Gasteiger partial charge in [0.1, 0.15) is 6.04 Å². The highest BCUT2D eigenvalue weighted by atomic mass is 16.2. The first-order valence-electron chi connectivity index (χ1n) is 12.6. The molecular formula is C31H38N2O2. The van der Waals surface area contributed by atoms with Crippen molar-refractivity contribution in [1.29, 1.82) is 0 Å². The first kappa shape index (κ1) is 26.2. The van der Waals surface area contributed by atoms with Crippen LogP contribution in [0.25, 0.3) is 0 Å². The van der Waals surface area contributed by atoms with Crippen molar-refractivity contribution >= 4 is 11.8 Å². The molecule has 0 aliphatic heterocycles. The summed E-state index contributed by atoms with van der Waals surface area (Å²) in [7, 11) is 0. The highest BCUT2D eigenvalue weighted by Gasteiger charge is 2.30. The van der Waals surface area contributed by atoms with E-state index >= 15 is 0 Å². The number of carbonyl (C=O) groups excluding carboxylic acids is 2. The predicted octanol–water partition coefficient (Wildman–Crippen LogP) is 5.71. The lowest BCUT2D eigenvalue weighted by Gasteiger charge is -2.32. The maximum Gasteiger partial charge on any atom is 0.243 e. The molecule has 0 fully saturated rings. The van der Waals surface area contributed by atoms with Crippen molar-refractivity contribution in [2.75, 3.05) is 6.54 Å². The summed E-state index contributed by atoms with van der Waals surface area (Å²) in [5.41, 5.74) is 6.45. The zero-order valence-corrected chi connectivity index (χ0v) is 21.5. The fourth-order valence-electron chi connectivity index (χ4n) is 4.21. The number of nitrogens with zero attached hydrogens (tertiary/aromatic N) is 1. The molecule has 0 heterocycles. The average Bonchev–Trinajstić information content (AvgIpc) is 2.85. The molecule has 4 heteroatoms. The first-order valence-corrected chi connectivity index (χ1v) is 12.6. The minimum absolute atomic E-state index is 0.0363. The minimum atomic E-state index is -0.590. The van der Waals surface area contributed by atoms with Crippen LogP contribution in [0.15, 0.2) is 72.8 Å². The van der Waals surface area contributed by atoms with Crippen LogP contribution in [0.2, 0.25) is 0 Å². The van der Waals surface area contributed by atoms with Gasteiger partial charge in [0.2, 0.25) is 11.8 Å². The molecule has 0 saturated heterocycles. The molecule has 0 radical (unpaired) electrons. The van der Waals surface area contributed by atoms with Gasteiger partial charge in [-0.1, -0.05) is 97.3 Å². The highest BCUT2D eigenvalue weighted by Crippen LogP contribution is 2.19. The topological polar surface area (TPSA) is 49.4 Å². The lowest BCUT2D eigenvalue weighted by molar-refractivity contribution is -0.140. The molecule has 4 nitrogen and oxygen atoms in total. The fourth-order valence-corrected chi connectivity index (χ4v) is 4.21. The number of benzene rings is 3. The number of hydrogen-bond acceptors (Lipinski definition) is 2. The summed E-state index contributed by atoms with van der Waals surface area (Å²) >= 11 is 0. The van der Waals surface area contributed by atoms with Crippen molar-refractivity contribution < 1.29 is 9.59 Å². The van der Waals surface area contributed by atoms with Crippen LogP contribution in [-0.4, -0.2) is 29.3 Å². The summed E-state index contributed by atoms with van der Waals surface area (Å²) in [5.74, 6) is -0.130. The summed E-state index contributed by atoms with van der Waals surface area (Å²) in [5, 5.41) is 3.09. The Labute approximate surface area is 210 Å². The van der Waals surface area contributed by atoms with E-state index in [0.29, 0.717) is 19.5 Å². The molecule has 3 aromatic carbocycles. The van der Waals surface area contributed by atoms with Gasteiger partial charge in [-0.15, -0.1) is 0 Å². The number of carbonyl (C=O) groups is 2. The van der Waals surface area contributed by atoms with E-state index in [4.69, 9.17) is 0 Å². The van der Waals surface area contributed by atoms with Crippen LogP contribution in [0.1, 0.15) is 53.1 Å². The SMILES string of the molecule is CCCCNC(=O)[C@H](Cc1ccccc1)N(Cc1ccc(C)cc1)C(=O)Cc1cc(C)ccc1C. The standard InChI is InChI=1S/C31H38N2O2/c1-5-6-18-32-31(35)29(20-26-10-8-7-9-11-26)33(22-27-16-13-23(2)14-17-27)30(34)21-28-19-24(3)12-15-25(28)4/h7-17,19,29H,5-6,18,20-22H2,1-4H3,(H,32,35)/t29-/m0/s1. The molecule has 0 bridgehead atoms. The van der Waals surface area contributed by atoms with E-state index in [1.54, 1.807) is 4.90 Å². The van der Waals surface area contributed by atoms with Crippen molar-refractivity contribution in [3.8, 4) is 0 Å². The van der Waals surface area contributed by atoms with E-state index in [1.807, 2.05) is 63.2 Å². The molecule has 2 amide bonds. The molecule has 35 heavy (non-hydrogen) atoms. The number of amides is 2. The van der Waals surface area contributed by atoms with Crippen molar-refractivity contribution in [2.24, 2.45) is 0 Å². The molecule has 184 valence electrons. The summed E-state index contributed by atoms with van der Waals surface area (Å²) in [6, 6.07) is 23.8. The van der Waals surface area contributed by atoms with E-state index in [9.17, 15) is 9.59 Å². The maximum absolute atomic E-state index is 13.9. The van der Waals surface area contributed by atoms with Gasteiger partial charge in [-0.05, 0) is 49.4 Å². The van der Waals surface area contributed by atoms with Crippen molar-refractivity contribution in [3.63, 3.8) is 0 Å². The molecule has 0 spiro atoms. The summed E-state index contributed by atoms with van der Waals surface area (Å²) in [4.78, 5) is 29.1. The smallest absolute Gasteiger partial charge is 0.243 e. The molecular weight excluding hydrogens is 432 g/mol. The number of aryl methyl sites for hydroxylation is 3. The maximum atomic E-state index is 13.9. The predicted molar refractivity (Wildman–Crippen MR) is 143 cm³/mol. The van der Waals surface area contributed by atoms with Gasteiger partial charge in [-0.3, -0.25) is 9.59 Å². The molecule has 0 aliphatic rings. The largest absolute Gasteiger partial charge is 0.354 e. The third kappa shape index (κ3) is 7.81. The Morgan fingerprint density at radius 2 is 1.54 bits per heavy atom. The molecule has 1 N–H and O–H groups in total. The summed E-state index contributed by atoms with van der Waals surface area (Å²) < 4.78 is 0. The van der Waals surface area contributed by atoms with Gasteiger partial charge in [-0.25, -0.2) is 0 Å². The summed E-state index contributed by atoms with van der Waals surface area (Å²) in [6.07, 6.45) is 2.66. The quantitative estimate of drug-likeness (QED) is 0.365. The Morgan fingerprint density at radius 1 is 0.857 bits per heavy atom. The van der Waals surface area contributed by atoms with E-state index in [1.165, 1.54) is 5.56 Å². The van der Waals surface area contributed by atoms with Gasteiger partial charge in [0.15, 0.2) is 0 Å². The minimum Gasteiger partial charge on any atom is -0.354 e. The van der Waals surface area contributed by atoms with Crippen LogP contribution in [0, 0.1) is 20.8 Å². The molecule has 0 aromatic heterocycles. The first-order chi connectivity index (χ1) is 16.9. The Balaban J connectivity index is 1.96. The van der Waals surface area contributed by atoms with Gasteiger partial charge >= 0.3 is 0 Å². The Kier molecular flexibility index (Phi) is 9.66. The van der Waals surface area contributed by atoms with Crippen LogP contribution in [0.5, 0.6) is 0 Å². The molecule has 0 aliphatic carbocycles. The molecule has 0 unspecified atom stereocenters. The second-order valence-electron chi connectivity index (χ2n) is 9.46. The van der Waals surface area contributed by atoms with Crippen molar-refractivity contribution in [3.05, 3.63) is 106 Å². The van der Waals surface area contributed by atoms with E-state index in [-0.39, 0.29) is 18.2 Å². The molecule has 3 rings (SSSR count). The van der Waals surface area contributed by atoms with Gasteiger partial charge in [0.05, 0.1) is 6.42 Å². The van der Waals surface area contributed by atoms with Crippen LogP contribution in [0.3, 0.4) is 0 Å². The molecule has 3 aromatic rings. The third-order valence-corrected chi connectivity index (χ3v) is 6.42. The number of rotatable bonds is 11. The van der Waals surface area contributed by atoms with Crippen LogP contribution in [0.4, 0.5) is 0 Å². The summed E-state index contributed by atoms with van der Waals surface area (Å²) in [6.45, 7) is 9.23. The van der Waals surface area contributed by atoms with Crippen LogP contribution in [-0.2, 0) is 29.0 Å². The second-order valence-corrected chi connectivity index (χ2v) is 9.46. The number of hydrogen-bond donors (Lipinski definition) is 1. The van der Waals surface area contributed by atoms with Gasteiger partial charge in [0.25, 0.3) is 0 Å². The molecule has 0 saturated carbocycles. The van der Waals surface area contributed by atoms with E-state index < -0.39 is 6.04 Å². The molecule has 1 atom stereocenters. The van der Waals surface area contributed by atoms with Crippen molar-refractivity contribution in [1.82, 2.24) is 10.2 Å². The third-order valence-electron chi connectivity index (χ3n) is 6.42. The number of nitrogens with one attached hydrogen (secondary N) is 1. The average molecular weight is 471 g/mol. The second kappa shape index (κ2) is 12.9. The van der Waals surface area contributed by atoms with E-state index in [2.05, 4.69) is 42.6 Å². The number of unbranched alkanes of at least 4 members (excludes halogenated alkanes) is 1. The zero-order valence-electron chi connectivity index (χ0n) is 21.5. The van der Waals surface area contributed by atoms with Crippen molar-refractivity contribution in [2.45, 2.75) is 66.0 Å². The highest BCUT2D eigenvalue weighted by molar-refractivity contribution is 5.89. The normalized spacial score (nSPS) is 11.7. The lowest BCUT2D eigenvalue weighted by Crippen LogP contribution is -2.51. The lowest BCUT2D eigenvalue weighted by atomic mass is 9.99. The Hall–Kier alpha value is -3.40. The van der Waals surface area contributed by atoms with E-state index in [0.717, 1.165) is 40.7 Å². The van der Waals surface area contributed by atoms with Gasteiger partial charge < -0.3 is 10.2 Å². The fraction of sp³-hybridized carbons (Fsp3) is 0.355.